The zero-order chi connectivity index (χ0) is 8.72. The monoisotopic (exact) mass is 261 g/mol. The first-order chi connectivity index (χ1) is 5.66. The van der Waals surface area contributed by atoms with E-state index in [1.807, 2.05) is 12.1 Å². The summed E-state index contributed by atoms with van der Waals surface area (Å²) in [6.45, 7) is 0. The van der Waals surface area contributed by atoms with Crippen LogP contribution in [0.15, 0.2) is 15.9 Å². The second-order valence-electron chi connectivity index (χ2n) is 2.27. The molecule has 0 fully saturated rings. The van der Waals surface area contributed by atoms with Gasteiger partial charge in [0, 0.05) is 5.39 Å². The van der Waals surface area contributed by atoms with Crippen LogP contribution < -0.4 is 5.73 Å². The SMILES string of the molecule is NC(=O)c1cc2cc(Br)sc2s1. The smallest absolute Gasteiger partial charge is 0.258 e. The highest BCUT2D eigenvalue weighted by molar-refractivity contribution is 9.11. The fraction of sp³-hybridized carbons (Fsp3) is 0. The average molecular weight is 262 g/mol. The number of hydrogen-bond acceptors (Lipinski definition) is 3. The van der Waals surface area contributed by atoms with Gasteiger partial charge < -0.3 is 5.73 Å². The fourth-order valence-electron chi connectivity index (χ4n) is 0.930. The van der Waals surface area contributed by atoms with Crippen LogP contribution in [0, 0.1) is 0 Å². The van der Waals surface area contributed by atoms with Crippen molar-refractivity contribution in [3.63, 3.8) is 0 Å². The van der Waals surface area contributed by atoms with Gasteiger partial charge in [0.15, 0.2) is 0 Å². The molecule has 5 heteroatoms. The molecule has 0 aliphatic carbocycles. The van der Waals surface area contributed by atoms with E-state index in [1.54, 1.807) is 11.3 Å². The van der Waals surface area contributed by atoms with Crippen LogP contribution in [-0.2, 0) is 0 Å². The van der Waals surface area contributed by atoms with Crippen molar-refractivity contribution in [3.8, 4) is 0 Å². The molecule has 2 rings (SSSR count). The number of rotatable bonds is 1. The van der Waals surface area contributed by atoms with Crippen LogP contribution in [0.1, 0.15) is 9.67 Å². The Morgan fingerprint density at radius 1 is 1.42 bits per heavy atom. The van der Waals surface area contributed by atoms with Gasteiger partial charge in [0.05, 0.1) is 12.7 Å². The molecule has 2 aromatic rings. The summed E-state index contributed by atoms with van der Waals surface area (Å²) >= 11 is 6.43. The summed E-state index contributed by atoms with van der Waals surface area (Å²) < 4.78 is 2.22. The van der Waals surface area contributed by atoms with Gasteiger partial charge in [-0.05, 0) is 28.1 Å². The zero-order valence-corrected chi connectivity index (χ0v) is 9.05. The standard InChI is InChI=1S/C7H4BrNOS2/c8-5-2-3-1-4(6(9)10)11-7(3)12-5/h1-2H,(H2,9,10). The van der Waals surface area contributed by atoms with Crippen LogP contribution in [-0.4, -0.2) is 5.91 Å². The lowest BCUT2D eigenvalue weighted by molar-refractivity contribution is 0.100. The van der Waals surface area contributed by atoms with Gasteiger partial charge in [0.25, 0.3) is 5.91 Å². The van der Waals surface area contributed by atoms with E-state index < -0.39 is 0 Å². The third kappa shape index (κ3) is 1.28. The molecule has 0 saturated heterocycles. The maximum atomic E-state index is 10.8. The highest BCUT2D eigenvalue weighted by Gasteiger charge is 2.08. The molecule has 1 amide bonds. The van der Waals surface area contributed by atoms with Gasteiger partial charge in [-0.2, -0.15) is 0 Å². The van der Waals surface area contributed by atoms with Gasteiger partial charge in [-0.1, -0.05) is 0 Å². The number of carbonyl (C=O) groups is 1. The molecule has 0 aliphatic heterocycles. The second-order valence-corrected chi connectivity index (χ2v) is 6.01. The third-order valence-corrected chi connectivity index (χ3v) is 4.34. The van der Waals surface area contributed by atoms with Gasteiger partial charge in [0.1, 0.15) is 0 Å². The summed E-state index contributed by atoms with van der Waals surface area (Å²) in [4.78, 5) is 11.4. The molecule has 0 spiro atoms. The Bertz CT molecular complexity index is 414. The fourth-order valence-corrected chi connectivity index (χ4v) is 4.01. The normalized spacial score (nSPS) is 10.8. The van der Waals surface area contributed by atoms with Crippen molar-refractivity contribution in [2.45, 2.75) is 0 Å². The number of hydrogen-bond donors (Lipinski definition) is 1. The van der Waals surface area contributed by atoms with E-state index in [2.05, 4.69) is 15.9 Å². The molecule has 0 aromatic carbocycles. The van der Waals surface area contributed by atoms with Gasteiger partial charge >= 0.3 is 0 Å². The van der Waals surface area contributed by atoms with Crippen LogP contribution in [0.4, 0.5) is 0 Å². The molecule has 0 radical (unpaired) electrons. The summed E-state index contributed by atoms with van der Waals surface area (Å²) in [5.41, 5.74) is 5.14. The molecule has 12 heavy (non-hydrogen) atoms. The van der Waals surface area contributed by atoms with Gasteiger partial charge in [-0.25, -0.2) is 0 Å². The van der Waals surface area contributed by atoms with Crippen molar-refractivity contribution in [1.82, 2.24) is 0 Å². The van der Waals surface area contributed by atoms with Crippen molar-refractivity contribution in [2.24, 2.45) is 5.73 Å². The molecule has 2 nitrogen and oxygen atoms in total. The lowest BCUT2D eigenvalue weighted by atomic mass is 10.3. The molecule has 0 saturated carbocycles. The Balaban J connectivity index is 2.64. The predicted octanol–water partition coefficient (Wildman–Crippen LogP) is 2.82. The van der Waals surface area contributed by atoms with Crippen molar-refractivity contribution >= 4 is 53.9 Å². The van der Waals surface area contributed by atoms with Crippen LogP contribution >= 0.6 is 38.6 Å². The number of amides is 1. The van der Waals surface area contributed by atoms with Gasteiger partial charge in [-0.15, -0.1) is 22.7 Å². The topological polar surface area (TPSA) is 43.1 Å². The number of carbonyl (C=O) groups excluding carboxylic acids is 1. The first-order valence-electron chi connectivity index (χ1n) is 3.15. The Labute approximate surface area is 85.1 Å². The van der Waals surface area contributed by atoms with E-state index >= 15 is 0 Å². The quantitative estimate of drug-likeness (QED) is 0.843. The van der Waals surface area contributed by atoms with Gasteiger partial charge in [-0.3, -0.25) is 4.79 Å². The van der Waals surface area contributed by atoms with Gasteiger partial charge in [0.2, 0.25) is 0 Å². The van der Waals surface area contributed by atoms with Crippen molar-refractivity contribution in [3.05, 3.63) is 20.8 Å². The minimum atomic E-state index is -0.348. The lowest BCUT2D eigenvalue weighted by Crippen LogP contribution is -2.07. The molecule has 0 bridgehead atoms. The maximum absolute atomic E-state index is 10.8. The molecule has 0 aliphatic rings. The Morgan fingerprint density at radius 2 is 2.17 bits per heavy atom. The number of halogens is 1. The average Bonchev–Trinajstić information content (AvgIpc) is 2.42. The molecule has 2 N–H and O–H groups in total. The lowest BCUT2D eigenvalue weighted by Gasteiger charge is -1.82. The maximum Gasteiger partial charge on any atom is 0.258 e. The van der Waals surface area contributed by atoms with E-state index in [4.69, 9.17) is 5.73 Å². The Kier molecular flexibility index (Phi) is 1.94. The first-order valence-corrected chi connectivity index (χ1v) is 5.58. The van der Waals surface area contributed by atoms with E-state index in [0.717, 1.165) is 13.2 Å². The van der Waals surface area contributed by atoms with E-state index in [9.17, 15) is 4.79 Å². The van der Waals surface area contributed by atoms with Crippen LogP contribution in [0.25, 0.3) is 9.40 Å². The molecule has 0 unspecified atom stereocenters. The van der Waals surface area contributed by atoms with E-state index in [-0.39, 0.29) is 5.91 Å². The molecule has 62 valence electrons. The number of thiophene rings is 2. The highest BCUT2D eigenvalue weighted by Crippen LogP contribution is 2.35. The predicted molar refractivity (Wildman–Crippen MR) is 55.9 cm³/mol. The van der Waals surface area contributed by atoms with Crippen LogP contribution in [0.5, 0.6) is 0 Å². The second kappa shape index (κ2) is 2.83. The first kappa shape index (κ1) is 8.22. The largest absolute Gasteiger partial charge is 0.365 e. The zero-order valence-electron chi connectivity index (χ0n) is 5.83. The van der Waals surface area contributed by atoms with Crippen LogP contribution in [0.2, 0.25) is 0 Å². The Morgan fingerprint density at radius 3 is 2.75 bits per heavy atom. The summed E-state index contributed by atoms with van der Waals surface area (Å²) in [5, 5.41) is 1.09. The summed E-state index contributed by atoms with van der Waals surface area (Å²) in [7, 11) is 0. The number of nitrogens with two attached hydrogens (primary N) is 1. The van der Waals surface area contributed by atoms with Crippen LogP contribution in [0.3, 0.4) is 0 Å². The molecule has 0 atom stereocenters. The molecular weight excluding hydrogens is 258 g/mol. The number of primary amides is 1. The summed E-state index contributed by atoms with van der Waals surface area (Å²) in [6, 6.07) is 3.81. The molecule has 2 aromatic heterocycles. The summed E-state index contributed by atoms with van der Waals surface area (Å²) in [6.07, 6.45) is 0. The Hall–Kier alpha value is -0.390. The molecular formula is C7H4BrNOS2. The highest BCUT2D eigenvalue weighted by atomic mass is 79.9. The van der Waals surface area contributed by atoms with Crippen molar-refractivity contribution in [2.75, 3.05) is 0 Å². The summed E-state index contributed by atoms with van der Waals surface area (Å²) in [5.74, 6) is -0.348. The van der Waals surface area contributed by atoms with E-state index in [1.165, 1.54) is 11.3 Å². The molecule has 2 heterocycles. The third-order valence-electron chi connectivity index (χ3n) is 1.43. The van der Waals surface area contributed by atoms with E-state index in [0.29, 0.717) is 4.88 Å². The minimum absolute atomic E-state index is 0.348. The number of fused-ring (bicyclic) bond motifs is 1. The van der Waals surface area contributed by atoms with Crippen molar-refractivity contribution < 1.29 is 4.79 Å². The van der Waals surface area contributed by atoms with Crippen molar-refractivity contribution in [1.29, 1.82) is 0 Å². The minimum Gasteiger partial charge on any atom is -0.365 e.